The van der Waals surface area contributed by atoms with Gasteiger partial charge in [-0.15, -0.1) is 0 Å². The second kappa shape index (κ2) is 7.82. The zero-order chi connectivity index (χ0) is 15.9. The lowest BCUT2D eigenvalue weighted by atomic mass is 10.3. The standard InChI is InChI=1S/C14H13Cl2N3O3/c1-17-13(20)8-22-14-4-12(11(16)6-19-14)21-7-10-3-2-9(15)5-18-10/h2-6H,7-8H2,1H3,(H,17,20). The van der Waals surface area contributed by atoms with E-state index in [2.05, 4.69) is 15.3 Å². The molecular formula is C14H13Cl2N3O3. The van der Waals surface area contributed by atoms with Crippen LogP contribution in [0.3, 0.4) is 0 Å². The maximum absolute atomic E-state index is 11.1. The van der Waals surface area contributed by atoms with Crippen molar-refractivity contribution in [2.24, 2.45) is 0 Å². The summed E-state index contributed by atoms with van der Waals surface area (Å²) in [6.07, 6.45) is 2.93. The van der Waals surface area contributed by atoms with Crippen LogP contribution < -0.4 is 14.8 Å². The molecular weight excluding hydrogens is 329 g/mol. The molecule has 0 fully saturated rings. The van der Waals surface area contributed by atoms with Crippen LogP contribution in [0, 0.1) is 0 Å². The number of halogens is 2. The molecule has 1 N–H and O–H groups in total. The van der Waals surface area contributed by atoms with Crippen molar-refractivity contribution in [3.05, 3.63) is 46.3 Å². The number of ether oxygens (including phenoxy) is 2. The minimum absolute atomic E-state index is 0.136. The minimum Gasteiger partial charge on any atom is -0.485 e. The third kappa shape index (κ3) is 4.75. The topological polar surface area (TPSA) is 73.3 Å². The molecule has 0 aliphatic carbocycles. The largest absolute Gasteiger partial charge is 0.485 e. The molecule has 0 saturated heterocycles. The molecule has 2 heterocycles. The predicted molar refractivity (Wildman–Crippen MR) is 82.4 cm³/mol. The molecule has 0 atom stereocenters. The van der Waals surface area contributed by atoms with E-state index in [1.54, 1.807) is 12.1 Å². The van der Waals surface area contributed by atoms with Crippen molar-refractivity contribution in [1.82, 2.24) is 15.3 Å². The Morgan fingerprint density at radius 1 is 1.23 bits per heavy atom. The van der Waals surface area contributed by atoms with Gasteiger partial charge >= 0.3 is 0 Å². The molecule has 1 amide bonds. The molecule has 2 rings (SSSR count). The van der Waals surface area contributed by atoms with Gasteiger partial charge in [0.1, 0.15) is 17.4 Å². The van der Waals surface area contributed by atoms with Crippen LogP contribution in [0.2, 0.25) is 10.0 Å². The summed E-state index contributed by atoms with van der Waals surface area (Å²) < 4.78 is 10.8. The number of likely N-dealkylation sites (N-methyl/N-ethyl adjacent to an activating group) is 1. The summed E-state index contributed by atoms with van der Waals surface area (Å²) in [6.45, 7) is 0.0824. The van der Waals surface area contributed by atoms with Crippen molar-refractivity contribution in [3.8, 4) is 11.6 Å². The van der Waals surface area contributed by atoms with Crippen LogP contribution in [0.25, 0.3) is 0 Å². The molecule has 0 aliphatic rings. The maximum atomic E-state index is 11.1. The van der Waals surface area contributed by atoms with Crippen molar-refractivity contribution < 1.29 is 14.3 Å². The summed E-state index contributed by atoms with van der Waals surface area (Å²) in [5.41, 5.74) is 0.699. The Morgan fingerprint density at radius 2 is 2.05 bits per heavy atom. The Labute approximate surface area is 137 Å². The van der Waals surface area contributed by atoms with E-state index in [1.807, 2.05) is 0 Å². The molecule has 22 heavy (non-hydrogen) atoms. The van der Waals surface area contributed by atoms with Crippen LogP contribution in [-0.4, -0.2) is 29.5 Å². The summed E-state index contributed by atoms with van der Waals surface area (Å²) in [5.74, 6) is 0.372. The van der Waals surface area contributed by atoms with E-state index in [1.165, 1.54) is 25.5 Å². The summed E-state index contributed by atoms with van der Waals surface area (Å²) in [7, 11) is 1.52. The van der Waals surface area contributed by atoms with Crippen molar-refractivity contribution >= 4 is 29.1 Å². The smallest absolute Gasteiger partial charge is 0.257 e. The molecule has 8 heteroatoms. The first kappa shape index (κ1) is 16.3. The van der Waals surface area contributed by atoms with E-state index in [4.69, 9.17) is 32.7 Å². The molecule has 2 aromatic rings. The molecule has 2 aromatic heterocycles. The number of aromatic nitrogens is 2. The van der Waals surface area contributed by atoms with Gasteiger partial charge in [-0.05, 0) is 12.1 Å². The summed E-state index contributed by atoms with van der Waals surface area (Å²) in [5, 5.41) is 3.33. The Bertz CT molecular complexity index is 650. The molecule has 0 radical (unpaired) electrons. The second-order valence-electron chi connectivity index (χ2n) is 4.17. The Balaban J connectivity index is 2.00. The van der Waals surface area contributed by atoms with Crippen LogP contribution in [0.15, 0.2) is 30.6 Å². The quantitative estimate of drug-likeness (QED) is 0.873. The van der Waals surface area contributed by atoms with E-state index in [-0.39, 0.29) is 25.0 Å². The number of hydrogen-bond acceptors (Lipinski definition) is 5. The van der Waals surface area contributed by atoms with Crippen LogP contribution in [0.5, 0.6) is 11.6 Å². The predicted octanol–water partition coefficient (Wildman–Crippen LogP) is 2.49. The van der Waals surface area contributed by atoms with Crippen molar-refractivity contribution in [3.63, 3.8) is 0 Å². The van der Waals surface area contributed by atoms with Gasteiger partial charge in [-0.1, -0.05) is 23.2 Å². The van der Waals surface area contributed by atoms with E-state index >= 15 is 0 Å². The van der Waals surface area contributed by atoms with Crippen molar-refractivity contribution in [1.29, 1.82) is 0 Å². The zero-order valence-corrected chi connectivity index (χ0v) is 13.2. The fourth-order valence-corrected chi connectivity index (χ4v) is 1.72. The molecule has 0 aliphatic heterocycles. The van der Waals surface area contributed by atoms with Gasteiger partial charge in [0.05, 0.1) is 16.9 Å². The highest BCUT2D eigenvalue weighted by molar-refractivity contribution is 6.32. The first-order chi connectivity index (χ1) is 10.6. The number of nitrogens with one attached hydrogen (secondary N) is 1. The minimum atomic E-state index is -0.260. The number of pyridine rings is 2. The lowest BCUT2D eigenvalue weighted by Crippen LogP contribution is -2.25. The first-order valence-corrected chi connectivity index (χ1v) is 7.06. The third-order valence-electron chi connectivity index (χ3n) is 2.59. The normalized spacial score (nSPS) is 10.1. The third-order valence-corrected chi connectivity index (χ3v) is 3.10. The average molecular weight is 342 g/mol. The SMILES string of the molecule is CNC(=O)COc1cc(OCc2ccc(Cl)cn2)c(Cl)cn1. The molecule has 0 unspecified atom stereocenters. The molecule has 0 aromatic carbocycles. The van der Waals surface area contributed by atoms with Gasteiger partial charge < -0.3 is 14.8 Å². The lowest BCUT2D eigenvalue weighted by Gasteiger charge is -2.10. The summed E-state index contributed by atoms with van der Waals surface area (Å²) >= 11 is 11.8. The van der Waals surface area contributed by atoms with Gasteiger partial charge in [-0.3, -0.25) is 9.78 Å². The summed E-state index contributed by atoms with van der Waals surface area (Å²) in [6, 6.07) is 4.99. The maximum Gasteiger partial charge on any atom is 0.257 e. The fraction of sp³-hybridized carbons (Fsp3) is 0.214. The van der Waals surface area contributed by atoms with Gasteiger partial charge in [0, 0.05) is 19.3 Å². The highest BCUT2D eigenvalue weighted by atomic mass is 35.5. The molecule has 0 saturated carbocycles. The Morgan fingerprint density at radius 3 is 2.73 bits per heavy atom. The highest BCUT2D eigenvalue weighted by Gasteiger charge is 2.08. The summed E-state index contributed by atoms with van der Waals surface area (Å²) in [4.78, 5) is 19.2. The molecule has 0 bridgehead atoms. The fourth-order valence-electron chi connectivity index (χ4n) is 1.45. The number of rotatable bonds is 6. The van der Waals surface area contributed by atoms with Crippen LogP contribution in [0.4, 0.5) is 0 Å². The lowest BCUT2D eigenvalue weighted by molar-refractivity contribution is -0.122. The van der Waals surface area contributed by atoms with Gasteiger partial charge in [0.25, 0.3) is 5.91 Å². The highest BCUT2D eigenvalue weighted by Crippen LogP contribution is 2.27. The number of carbonyl (C=O) groups excluding carboxylic acids is 1. The molecule has 116 valence electrons. The van der Waals surface area contributed by atoms with E-state index in [0.717, 1.165) is 0 Å². The number of carbonyl (C=O) groups is 1. The van der Waals surface area contributed by atoms with Crippen molar-refractivity contribution in [2.45, 2.75) is 6.61 Å². The van der Waals surface area contributed by atoms with E-state index in [9.17, 15) is 4.79 Å². The number of amides is 1. The Kier molecular flexibility index (Phi) is 5.80. The van der Waals surface area contributed by atoms with Crippen LogP contribution >= 0.6 is 23.2 Å². The van der Waals surface area contributed by atoms with Gasteiger partial charge in [0.15, 0.2) is 6.61 Å². The second-order valence-corrected chi connectivity index (χ2v) is 5.01. The van der Waals surface area contributed by atoms with Gasteiger partial charge in [0.2, 0.25) is 5.88 Å². The Hall–Kier alpha value is -2.05. The van der Waals surface area contributed by atoms with Gasteiger partial charge in [-0.2, -0.15) is 0 Å². The number of hydrogen-bond donors (Lipinski definition) is 1. The monoisotopic (exact) mass is 341 g/mol. The molecule has 6 nitrogen and oxygen atoms in total. The van der Waals surface area contributed by atoms with E-state index in [0.29, 0.717) is 21.5 Å². The zero-order valence-electron chi connectivity index (χ0n) is 11.7. The van der Waals surface area contributed by atoms with Crippen LogP contribution in [0.1, 0.15) is 5.69 Å². The van der Waals surface area contributed by atoms with Crippen molar-refractivity contribution in [2.75, 3.05) is 13.7 Å². The average Bonchev–Trinajstić information content (AvgIpc) is 2.54. The van der Waals surface area contributed by atoms with Gasteiger partial charge in [-0.25, -0.2) is 4.98 Å². The van der Waals surface area contributed by atoms with E-state index < -0.39 is 0 Å². The first-order valence-electron chi connectivity index (χ1n) is 6.30. The molecule has 0 spiro atoms. The van der Waals surface area contributed by atoms with Crippen LogP contribution in [-0.2, 0) is 11.4 Å². The number of nitrogens with zero attached hydrogens (tertiary/aromatic N) is 2.